The van der Waals surface area contributed by atoms with Crippen molar-refractivity contribution in [2.24, 2.45) is 0 Å². The van der Waals surface area contributed by atoms with Gasteiger partial charge < -0.3 is 0 Å². The second kappa shape index (κ2) is 4.43. The Labute approximate surface area is 104 Å². The maximum atomic E-state index is 12.2. The van der Waals surface area contributed by atoms with Gasteiger partial charge in [0.2, 0.25) is 9.84 Å². The van der Waals surface area contributed by atoms with Crippen molar-refractivity contribution in [3.63, 3.8) is 0 Å². The fourth-order valence-electron chi connectivity index (χ4n) is 1.38. The van der Waals surface area contributed by atoms with E-state index in [1.54, 1.807) is 24.3 Å². The minimum atomic E-state index is -3.49. The number of rotatable bonds is 3. The first-order chi connectivity index (χ1) is 8.04. The van der Waals surface area contributed by atoms with Crippen LogP contribution in [0.15, 0.2) is 45.5 Å². The van der Waals surface area contributed by atoms with Crippen LogP contribution < -0.4 is 0 Å². The number of sulfone groups is 1. The van der Waals surface area contributed by atoms with Crippen LogP contribution in [0.3, 0.4) is 0 Å². The summed E-state index contributed by atoms with van der Waals surface area (Å²) in [5, 5.41) is 0. The SMILES string of the molecule is Cc1ccc(S(=O)(=O)c2ccc(C=O)s2)cc1. The molecule has 0 N–H and O–H groups in total. The van der Waals surface area contributed by atoms with Crippen molar-refractivity contribution < 1.29 is 13.2 Å². The van der Waals surface area contributed by atoms with Crippen LogP contribution in [0, 0.1) is 6.92 Å². The number of benzene rings is 1. The van der Waals surface area contributed by atoms with Gasteiger partial charge in [-0.05, 0) is 31.2 Å². The van der Waals surface area contributed by atoms with Gasteiger partial charge in [0.15, 0.2) is 6.29 Å². The molecule has 0 saturated heterocycles. The predicted molar refractivity (Wildman–Crippen MR) is 66.3 cm³/mol. The van der Waals surface area contributed by atoms with Gasteiger partial charge in [-0.1, -0.05) is 17.7 Å². The summed E-state index contributed by atoms with van der Waals surface area (Å²) in [6.45, 7) is 1.89. The van der Waals surface area contributed by atoms with Crippen LogP contribution in [0.25, 0.3) is 0 Å². The molecule has 0 aliphatic carbocycles. The standard InChI is InChI=1S/C12H10O3S2/c1-9-2-5-11(6-3-9)17(14,15)12-7-4-10(8-13)16-12/h2-8H,1H3. The van der Waals surface area contributed by atoms with Crippen molar-refractivity contribution >= 4 is 27.5 Å². The maximum absolute atomic E-state index is 12.2. The molecule has 0 atom stereocenters. The van der Waals surface area contributed by atoms with Gasteiger partial charge in [-0.3, -0.25) is 4.79 Å². The first-order valence-electron chi connectivity index (χ1n) is 4.91. The molecule has 0 radical (unpaired) electrons. The molecule has 1 heterocycles. The van der Waals surface area contributed by atoms with Gasteiger partial charge in [0, 0.05) is 0 Å². The van der Waals surface area contributed by atoms with E-state index in [2.05, 4.69) is 0 Å². The van der Waals surface area contributed by atoms with E-state index in [4.69, 9.17) is 0 Å². The predicted octanol–water partition coefficient (Wildman–Crippen LogP) is 2.70. The highest BCUT2D eigenvalue weighted by Crippen LogP contribution is 2.27. The third-order valence-corrected chi connectivity index (χ3v) is 5.59. The number of aryl methyl sites for hydroxylation is 1. The van der Waals surface area contributed by atoms with E-state index in [1.165, 1.54) is 12.1 Å². The normalized spacial score (nSPS) is 11.4. The van der Waals surface area contributed by atoms with E-state index in [0.717, 1.165) is 16.9 Å². The molecule has 88 valence electrons. The van der Waals surface area contributed by atoms with Crippen molar-refractivity contribution in [2.45, 2.75) is 16.0 Å². The molecule has 0 amide bonds. The molecule has 1 aromatic heterocycles. The number of carbonyl (C=O) groups is 1. The molecule has 0 saturated carbocycles. The Hall–Kier alpha value is -1.46. The largest absolute Gasteiger partial charge is 0.297 e. The molecule has 0 fully saturated rings. The molecule has 0 bridgehead atoms. The summed E-state index contributed by atoms with van der Waals surface area (Å²) in [4.78, 5) is 11.2. The summed E-state index contributed by atoms with van der Waals surface area (Å²) in [7, 11) is -3.49. The third kappa shape index (κ3) is 2.30. The molecule has 5 heteroatoms. The second-order valence-corrected chi connectivity index (χ2v) is 6.88. The number of aldehydes is 1. The molecule has 2 rings (SSSR count). The number of hydrogen-bond acceptors (Lipinski definition) is 4. The third-order valence-electron chi connectivity index (χ3n) is 2.31. The Morgan fingerprint density at radius 3 is 2.24 bits per heavy atom. The lowest BCUT2D eigenvalue weighted by molar-refractivity contribution is 0.112. The number of hydrogen-bond donors (Lipinski definition) is 0. The highest BCUT2D eigenvalue weighted by atomic mass is 32.2. The number of carbonyl (C=O) groups excluding carboxylic acids is 1. The van der Waals surface area contributed by atoms with E-state index >= 15 is 0 Å². The highest BCUT2D eigenvalue weighted by Gasteiger charge is 2.19. The summed E-state index contributed by atoms with van der Waals surface area (Å²) < 4.78 is 24.5. The van der Waals surface area contributed by atoms with Gasteiger partial charge >= 0.3 is 0 Å². The Balaban J connectivity index is 2.49. The summed E-state index contributed by atoms with van der Waals surface area (Å²) in [5.41, 5.74) is 1.00. The zero-order chi connectivity index (χ0) is 12.5. The monoisotopic (exact) mass is 266 g/mol. The number of thiophene rings is 1. The Kier molecular flexibility index (Phi) is 3.13. The Bertz CT molecular complexity index is 637. The molecule has 2 aromatic rings. The van der Waals surface area contributed by atoms with Gasteiger partial charge in [0.25, 0.3) is 0 Å². The van der Waals surface area contributed by atoms with Crippen LogP contribution in [0.5, 0.6) is 0 Å². The van der Waals surface area contributed by atoms with Crippen LogP contribution in [-0.4, -0.2) is 14.7 Å². The van der Waals surface area contributed by atoms with Crippen molar-refractivity contribution in [1.29, 1.82) is 0 Å². The van der Waals surface area contributed by atoms with Crippen molar-refractivity contribution in [1.82, 2.24) is 0 Å². The van der Waals surface area contributed by atoms with E-state index in [-0.39, 0.29) is 9.10 Å². The fraction of sp³-hybridized carbons (Fsp3) is 0.0833. The van der Waals surface area contributed by atoms with Gasteiger partial charge in [0.1, 0.15) is 4.21 Å². The first kappa shape index (κ1) is 12.0. The van der Waals surface area contributed by atoms with Gasteiger partial charge in [0.05, 0.1) is 9.77 Å². The smallest absolute Gasteiger partial charge is 0.215 e. The van der Waals surface area contributed by atoms with Crippen LogP contribution >= 0.6 is 11.3 Å². The highest BCUT2D eigenvalue weighted by molar-refractivity contribution is 7.93. The van der Waals surface area contributed by atoms with E-state index in [0.29, 0.717) is 11.2 Å². The van der Waals surface area contributed by atoms with Gasteiger partial charge in [-0.2, -0.15) is 0 Å². The average molecular weight is 266 g/mol. The van der Waals surface area contributed by atoms with Crippen LogP contribution in [-0.2, 0) is 9.84 Å². The molecule has 1 aromatic carbocycles. The minimum Gasteiger partial charge on any atom is -0.297 e. The van der Waals surface area contributed by atoms with Crippen LogP contribution in [0.4, 0.5) is 0 Å². The zero-order valence-electron chi connectivity index (χ0n) is 9.08. The zero-order valence-corrected chi connectivity index (χ0v) is 10.7. The molecule has 0 unspecified atom stereocenters. The quantitative estimate of drug-likeness (QED) is 0.803. The average Bonchev–Trinajstić information content (AvgIpc) is 2.78. The molecule has 0 aliphatic heterocycles. The molecule has 17 heavy (non-hydrogen) atoms. The van der Waals surface area contributed by atoms with Crippen molar-refractivity contribution in [3.8, 4) is 0 Å². The molecule has 3 nitrogen and oxygen atoms in total. The van der Waals surface area contributed by atoms with Crippen LogP contribution in [0.1, 0.15) is 15.2 Å². The fourth-order valence-corrected chi connectivity index (χ4v) is 3.92. The Morgan fingerprint density at radius 1 is 1.06 bits per heavy atom. The molecular weight excluding hydrogens is 256 g/mol. The van der Waals surface area contributed by atoms with E-state index < -0.39 is 9.84 Å². The molecule has 0 spiro atoms. The Morgan fingerprint density at radius 2 is 1.71 bits per heavy atom. The topological polar surface area (TPSA) is 51.2 Å². The van der Waals surface area contributed by atoms with Gasteiger partial charge in [-0.25, -0.2) is 8.42 Å². The summed E-state index contributed by atoms with van der Waals surface area (Å²) in [6, 6.07) is 9.63. The minimum absolute atomic E-state index is 0.198. The molecule has 0 aliphatic rings. The van der Waals surface area contributed by atoms with Crippen molar-refractivity contribution in [2.75, 3.05) is 0 Å². The second-order valence-electron chi connectivity index (χ2n) is 3.59. The summed E-state index contributed by atoms with van der Waals surface area (Å²) in [5.74, 6) is 0. The maximum Gasteiger partial charge on any atom is 0.215 e. The summed E-state index contributed by atoms with van der Waals surface area (Å²) >= 11 is 0.983. The van der Waals surface area contributed by atoms with Crippen LogP contribution in [0.2, 0.25) is 0 Å². The van der Waals surface area contributed by atoms with Crippen molar-refractivity contribution in [3.05, 3.63) is 46.8 Å². The lowest BCUT2D eigenvalue weighted by atomic mass is 10.2. The van der Waals surface area contributed by atoms with E-state index in [1.807, 2.05) is 6.92 Å². The first-order valence-corrected chi connectivity index (χ1v) is 7.21. The van der Waals surface area contributed by atoms with E-state index in [9.17, 15) is 13.2 Å². The lowest BCUT2D eigenvalue weighted by Gasteiger charge is -2.01. The van der Waals surface area contributed by atoms with Gasteiger partial charge in [-0.15, -0.1) is 11.3 Å². The molecular formula is C12H10O3S2. The lowest BCUT2D eigenvalue weighted by Crippen LogP contribution is -1.99. The summed E-state index contributed by atoms with van der Waals surface area (Å²) in [6.07, 6.45) is 0.652.